The highest BCUT2D eigenvalue weighted by Gasteiger charge is 2.18. The van der Waals surface area contributed by atoms with Crippen LogP contribution >= 0.6 is 0 Å². The monoisotopic (exact) mass is 790 g/mol. The van der Waals surface area contributed by atoms with Crippen molar-refractivity contribution in [2.24, 2.45) is 0 Å². The van der Waals surface area contributed by atoms with E-state index in [4.69, 9.17) is 4.74 Å². The van der Waals surface area contributed by atoms with E-state index in [0.717, 1.165) is 57.8 Å². The van der Waals surface area contributed by atoms with Crippen LogP contribution in [0.4, 0.5) is 0 Å². The van der Waals surface area contributed by atoms with Crippen LogP contribution in [0.2, 0.25) is 0 Å². The Morgan fingerprint density at radius 3 is 1.32 bits per heavy atom. The van der Waals surface area contributed by atoms with Crippen LogP contribution in [0.5, 0.6) is 0 Å². The summed E-state index contributed by atoms with van der Waals surface area (Å²) in [5, 5.41) is 23.1. The molecule has 0 fully saturated rings. The van der Waals surface area contributed by atoms with Gasteiger partial charge in [0.25, 0.3) is 0 Å². The molecule has 0 saturated heterocycles. The second-order valence-electron chi connectivity index (χ2n) is 16.8. The van der Waals surface area contributed by atoms with Gasteiger partial charge in [-0.1, -0.05) is 218 Å². The van der Waals surface area contributed by atoms with E-state index < -0.39 is 12.1 Å². The first-order chi connectivity index (χ1) is 27.5. The van der Waals surface area contributed by atoms with Crippen molar-refractivity contribution in [3.63, 3.8) is 0 Å². The Labute approximate surface area is 348 Å². The van der Waals surface area contributed by atoms with Gasteiger partial charge in [0.1, 0.15) is 0 Å². The van der Waals surface area contributed by atoms with E-state index in [1.165, 1.54) is 173 Å². The van der Waals surface area contributed by atoms with Crippen molar-refractivity contribution in [2.75, 3.05) is 13.2 Å². The molecule has 0 aliphatic carbocycles. The number of amides is 1. The number of unbranched alkanes of at least 4 members (excludes halogenated alkanes) is 32. The summed E-state index contributed by atoms with van der Waals surface area (Å²) in [5.41, 5.74) is 0. The topological polar surface area (TPSA) is 95.9 Å². The number of aliphatic hydroxyl groups excluding tert-OH is 2. The number of carbonyl (C=O) groups is 2. The van der Waals surface area contributed by atoms with E-state index in [-0.39, 0.29) is 18.5 Å². The Hall–Kier alpha value is -1.66. The average molecular weight is 790 g/mol. The Morgan fingerprint density at radius 2 is 0.857 bits per heavy atom. The molecule has 3 N–H and O–H groups in total. The third-order valence-electron chi connectivity index (χ3n) is 11.2. The van der Waals surface area contributed by atoms with Crippen LogP contribution in [0.25, 0.3) is 0 Å². The van der Waals surface area contributed by atoms with Crippen molar-refractivity contribution in [1.82, 2.24) is 5.32 Å². The summed E-state index contributed by atoms with van der Waals surface area (Å²) in [6.07, 6.45) is 53.1. The predicted molar refractivity (Wildman–Crippen MR) is 241 cm³/mol. The lowest BCUT2D eigenvalue weighted by Gasteiger charge is -2.20. The van der Waals surface area contributed by atoms with E-state index in [2.05, 4.69) is 31.3 Å². The summed E-state index contributed by atoms with van der Waals surface area (Å²) >= 11 is 0. The highest BCUT2D eigenvalue weighted by molar-refractivity contribution is 5.76. The van der Waals surface area contributed by atoms with Gasteiger partial charge in [0.05, 0.1) is 25.4 Å². The fraction of sp³-hybridized carbons (Fsp3) is 0.880. The van der Waals surface area contributed by atoms with Gasteiger partial charge in [-0.15, -0.1) is 0 Å². The number of ether oxygens (including phenoxy) is 1. The SMILES string of the molecule is CCCC/C=C\CCCCCCCC(=O)OCCCCCCCCCCCCCC(=O)NC(CO)C(O)/C=C/CCCCCCCCCCCCCCCCC. The molecule has 0 aromatic heterocycles. The Morgan fingerprint density at radius 1 is 0.482 bits per heavy atom. The summed E-state index contributed by atoms with van der Waals surface area (Å²) in [7, 11) is 0. The molecule has 56 heavy (non-hydrogen) atoms. The summed E-state index contributed by atoms with van der Waals surface area (Å²) in [5.74, 6) is -0.114. The molecular weight excluding hydrogens is 695 g/mol. The number of aliphatic hydroxyl groups is 2. The Kier molecular flexibility index (Phi) is 44.7. The third-order valence-corrected chi connectivity index (χ3v) is 11.2. The highest BCUT2D eigenvalue weighted by atomic mass is 16.5. The van der Waals surface area contributed by atoms with Crippen molar-refractivity contribution in [1.29, 1.82) is 0 Å². The Balaban J connectivity index is 3.53. The lowest BCUT2D eigenvalue weighted by Crippen LogP contribution is -2.45. The number of esters is 1. The summed E-state index contributed by atoms with van der Waals surface area (Å²) in [4.78, 5) is 24.4. The molecule has 0 aliphatic heterocycles. The van der Waals surface area contributed by atoms with Gasteiger partial charge < -0.3 is 20.3 Å². The summed E-state index contributed by atoms with van der Waals surface area (Å²) in [6.45, 7) is 4.82. The van der Waals surface area contributed by atoms with Crippen molar-refractivity contribution in [3.05, 3.63) is 24.3 Å². The number of rotatable bonds is 45. The van der Waals surface area contributed by atoms with Gasteiger partial charge in [-0.25, -0.2) is 0 Å². The lowest BCUT2D eigenvalue weighted by atomic mass is 10.0. The normalized spacial score (nSPS) is 12.9. The van der Waals surface area contributed by atoms with Crippen LogP contribution in [0.15, 0.2) is 24.3 Å². The van der Waals surface area contributed by atoms with Crippen LogP contribution in [0.1, 0.15) is 258 Å². The molecule has 2 unspecified atom stereocenters. The van der Waals surface area contributed by atoms with Gasteiger partial charge in [-0.05, 0) is 51.4 Å². The highest BCUT2D eigenvalue weighted by Crippen LogP contribution is 2.15. The summed E-state index contributed by atoms with van der Waals surface area (Å²) in [6, 6.07) is -0.641. The molecule has 0 heterocycles. The first-order valence-electron chi connectivity index (χ1n) is 24.6. The van der Waals surface area contributed by atoms with Gasteiger partial charge in [0, 0.05) is 12.8 Å². The first-order valence-corrected chi connectivity index (χ1v) is 24.6. The second-order valence-corrected chi connectivity index (χ2v) is 16.8. The van der Waals surface area contributed by atoms with E-state index in [1.807, 2.05) is 6.08 Å². The molecule has 6 heteroatoms. The lowest BCUT2D eigenvalue weighted by molar-refractivity contribution is -0.143. The third kappa shape index (κ3) is 42.0. The molecule has 0 aromatic carbocycles. The largest absolute Gasteiger partial charge is 0.466 e. The van der Waals surface area contributed by atoms with Gasteiger partial charge in [-0.3, -0.25) is 9.59 Å². The van der Waals surface area contributed by atoms with Gasteiger partial charge >= 0.3 is 5.97 Å². The molecule has 0 rings (SSSR count). The van der Waals surface area contributed by atoms with Crippen molar-refractivity contribution in [2.45, 2.75) is 270 Å². The maximum Gasteiger partial charge on any atom is 0.305 e. The van der Waals surface area contributed by atoms with E-state index in [1.54, 1.807) is 6.08 Å². The van der Waals surface area contributed by atoms with Crippen LogP contribution in [0, 0.1) is 0 Å². The quantitative estimate of drug-likeness (QED) is 0.0324. The second kappa shape index (κ2) is 46.0. The zero-order valence-corrected chi connectivity index (χ0v) is 37.4. The molecule has 1 amide bonds. The Bertz CT molecular complexity index is 874. The predicted octanol–water partition coefficient (Wildman–Crippen LogP) is 14.3. The zero-order valence-electron chi connectivity index (χ0n) is 37.4. The standard InChI is InChI=1S/C50H95NO5/c1-3-5-7-9-11-13-15-16-17-18-19-20-23-26-30-34-38-42-48(53)47(46-52)51-49(54)43-39-35-31-27-24-21-25-29-33-37-41-45-56-50(55)44-40-36-32-28-22-14-12-10-8-6-4-2/h10,12,38,42,47-48,52-53H,3-9,11,13-37,39-41,43-46H2,1-2H3,(H,51,54)/b12-10-,42-38+. The molecule has 0 saturated carbocycles. The maximum absolute atomic E-state index is 12.4. The fourth-order valence-corrected chi connectivity index (χ4v) is 7.38. The molecule has 6 nitrogen and oxygen atoms in total. The first kappa shape index (κ1) is 54.3. The van der Waals surface area contributed by atoms with Crippen LogP contribution < -0.4 is 5.32 Å². The van der Waals surface area contributed by atoms with Crippen LogP contribution in [-0.4, -0.2) is 47.4 Å². The molecule has 0 aromatic rings. The van der Waals surface area contributed by atoms with Crippen LogP contribution in [0.3, 0.4) is 0 Å². The summed E-state index contributed by atoms with van der Waals surface area (Å²) < 4.78 is 5.43. The number of carbonyl (C=O) groups excluding carboxylic acids is 2. The molecule has 2 atom stereocenters. The number of hydrogen-bond acceptors (Lipinski definition) is 5. The molecule has 0 spiro atoms. The van der Waals surface area contributed by atoms with E-state index in [0.29, 0.717) is 19.4 Å². The average Bonchev–Trinajstić information content (AvgIpc) is 3.20. The molecule has 0 bridgehead atoms. The van der Waals surface area contributed by atoms with Crippen molar-refractivity contribution >= 4 is 11.9 Å². The maximum atomic E-state index is 12.4. The van der Waals surface area contributed by atoms with E-state index in [9.17, 15) is 19.8 Å². The number of hydrogen-bond donors (Lipinski definition) is 3. The van der Waals surface area contributed by atoms with Crippen LogP contribution in [-0.2, 0) is 14.3 Å². The minimum Gasteiger partial charge on any atom is -0.466 e. The van der Waals surface area contributed by atoms with Gasteiger partial charge in [0.15, 0.2) is 0 Å². The zero-order chi connectivity index (χ0) is 40.8. The molecule has 0 radical (unpaired) electrons. The molecular formula is C50H95NO5. The van der Waals surface area contributed by atoms with Gasteiger partial charge in [-0.2, -0.15) is 0 Å². The van der Waals surface area contributed by atoms with E-state index >= 15 is 0 Å². The molecule has 330 valence electrons. The number of nitrogens with one attached hydrogen (secondary N) is 1. The smallest absolute Gasteiger partial charge is 0.305 e. The van der Waals surface area contributed by atoms with Crippen molar-refractivity contribution in [3.8, 4) is 0 Å². The molecule has 0 aliphatic rings. The minimum atomic E-state index is -0.856. The minimum absolute atomic E-state index is 0.0268. The number of allylic oxidation sites excluding steroid dienone is 3. The fourth-order valence-electron chi connectivity index (χ4n) is 7.38. The van der Waals surface area contributed by atoms with Gasteiger partial charge in [0.2, 0.25) is 5.91 Å². The van der Waals surface area contributed by atoms with Crippen molar-refractivity contribution < 1.29 is 24.5 Å².